The van der Waals surface area contributed by atoms with E-state index in [4.69, 9.17) is 20.2 Å². The highest BCUT2D eigenvalue weighted by Gasteiger charge is 2.08. The van der Waals surface area contributed by atoms with Crippen LogP contribution in [0.4, 0.5) is 0 Å². The lowest BCUT2D eigenvalue weighted by Gasteiger charge is -2.17. The Morgan fingerprint density at radius 3 is 1.85 bits per heavy atom. The molecule has 0 aromatic rings. The lowest BCUT2D eigenvalue weighted by atomic mass is 10.0. The summed E-state index contributed by atoms with van der Waals surface area (Å²) in [7, 11) is 1.67. The molecule has 26 heavy (non-hydrogen) atoms. The van der Waals surface area contributed by atoms with E-state index in [1.807, 2.05) is 0 Å². The summed E-state index contributed by atoms with van der Waals surface area (Å²) in [5.41, 5.74) is 0. The van der Waals surface area contributed by atoms with Crippen LogP contribution in [-0.2, 0) is 18.5 Å². The second-order valence-electron chi connectivity index (χ2n) is 7.11. The van der Waals surface area contributed by atoms with Gasteiger partial charge in [-0.3, -0.25) is 0 Å². The number of rotatable bonds is 20. The summed E-state index contributed by atoms with van der Waals surface area (Å²) in [5, 5.41) is 0. The minimum Gasteiger partial charge on any atom is -0.378 e. The molecule has 0 amide bonds. The first-order valence-corrected chi connectivity index (χ1v) is 13.1. The maximum Gasteiger partial charge on any atom is 0.234 e. The van der Waals surface area contributed by atoms with Gasteiger partial charge >= 0.3 is 0 Å². The first-order valence-electron chi connectivity index (χ1n) is 10.6. The summed E-state index contributed by atoms with van der Waals surface area (Å²) in [6.07, 6.45) is 17.1. The fraction of sp³-hybridized carbons (Fsp3) is 1.00. The van der Waals surface area contributed by atoms with Crippen LogP contribution in [0.15, 0.2) is 0 Å². The predicted molar refractivity (Wildman–Crippen MR) is 112 cm³/mol. The summed E-state index contributed by atoms with van der Waals surface area (Å²) in [4.78, 5) is 0. The van der Waals surface area contributed by atoms with Crippen LogP contribution >= 0.6 is 10.7 Å². The van der Waals surface area contributed by atoms with E-state index in [1.54, 1.807) is 0 Å². The summed E-state index contributed by atoms with van der Waals surface area (Å²) in [6, 6.07) is 0. The lowest BCUT2D eigenvalue weighted by molar-refractivity contribution is -0.000544. The maximum absolute atomic E-state index is 10.8. The van der Waals surface area contributed by atoms with Crippen molar-refractivity contribution >= 4 is 19.7 Å². The molecule has 0 aromatic carbocycles. The van der Waals surface area contributed by atoms with Crippen molar-refractivity contribution < 1.29 is 17.9 Å². The van der Waals surface area contributed by atoms with Gasteiger partial charge in [0, 0.05) is 10.7 Å². The van der Waals surface area contributed by atoms with Crippen molar-refractivity contribution in [2.24, 2.45) is 0 Å². The van der Waals surface area contributed by atoms with E-state index in [-0.39, 0.29) is 12.4 Å². The second-order valence-corrected chi connectivity index (χ2v) is 10.0. The summed E-state index contributed by atoms with van der Waals surface area (Å²) >= 11 is 0. The molecule has 0 N–H and O–H groups in total. The van der Waals surface area contributed by atoms with Gasteiger partial charge in [-0.05, 0) is 12.8 Å². The zero-order chi connectivity index (χ0) is 19.5. The third-order valence-electron chi connectivity index (χ3n) is 4.54. The molecular formula is C20H41ClO4S. The molecule has 158 valence electrons. The topological polar surface area (TPSA) is 52.6 Å². The Morgan fingerprint density at radius 2 is 1.31 bits per heavy atom. The van der Waals surface area contributed by atoms with Crippen LogP contribution in [-0.4, -0.2) is 40.1 Å². The summed E-state index contributed by atoms with van der Waals surface area (Å²) in [6.45, 7) is 5.51. The lowest BCUT2D eigenvalue weighted by Crippen LogP contribution is -2.17. The molecule has 0 aliphatic carbocycles. The van der Waals surface area contributed by atoms with Gasteiger partial charge in [-0.15, -0.1) is 0 Å². The highest BCUT2D eigenvalue weighted by Crippen LogP contribution is 2.15. The fourth-order valence-corrected chi connectivity index (χ4v) is 3.53. The van der Waals surface area contributed by atoms with Gasteiger partial charge < -0.3 is 9.47 Å². The van der Waals surface area contributed by atoms with Crippen LogP contribution in [0.5, 0.6) is 0 Å². The molecule has 0 fully saturated rings. The number of hydrogen-bond acceptors (Lipinski definition) is 4. The van der Waals surface area contributed by atoms with Crippen LogP contribution in [0.25, 0.3) is 0 Å². The molecule has 1 atom stereocenters. The van der Waals surface area contributed by atoms with Gasteiger partial charge in [0.2, 0.25) is 9.05 Å². The Hall–Kier alpha value is 0.160. The Balaban J connectivity index is 3.52. The Bertz CT molecular complexity index is 387. The Labute approximate surface area is 166 Å². The summed E-state index contributed by atoms with van der Waals surface area (Å²) < 4.78 is 32.7. The molecule has 0 heterocycles. The van der Waals surface area contributed by atoms with Gasteiger partial charge in [0.15, 0.2) is 0 Å². The van der Waals surface area contributed by atoms with Crippen molar-refractivity contribution in [2.45, 2.75) is 103 Å². The average Bonchev–Trinajstić information content (AvgIpc) is 2.58. The highest BCUT2D eigenvalue weighted by atomic mass is 35.7. The van der Waals surface area contributed by atoms with E-state index in [2.05, 4.69) is 13.8 Å². The minimum absolute atomic E-state index is 0.131. The molecule has 6 heteroatoms. The van der Waals surface area contributed by atoms with Crippen LogP contribution in [0, 0.1) is 0 Å². The second kappa shape index (κ2) is 18.5. The SMILES string of the molecule is CCCCCCCCCCCCC(CCC)OCCOCCS(=O)(=O)Cl. The Kier molecular flexibility index (Phi) is 18.6. The first kappa shape index (κ1) is 26.2. The molecule has 0 saturated carbocycles. The molecule has 0 aliphatic heterocycles. The van der Waals surface area contributed by atoms with Crippen LogP contribution in [0.2, 0.25) is 0 Å². The standard InChI is InChI=1S/C20H41ClO4S/c1-3-5-6-7-8-9-10-11-12-13-15-20(14-4-2)25-17-16-24-18-19-26(21,22)23/h20H,3-19H2,1-2H3. The summed E-state index contributed by atoms with van der Waals surface area (Å²) in [5.74, 6) is -0.147. The van der Waals surface area contributed by atoms with Gasteiger partial charge in [0.05, 0.1) is 31.7 Å². The fourth-order valence-electron chi connectivity index (χ4n) is 3.03. The minimum atomic E-state index is -3.46. The van der Waals surface area contributed by atoms with Crippen molar-refractivity contribution in [3.8, 4) is 0 Å². The molecule has 0 radical (unpaired) electrons. The van der Waals surface area contributed by atoms with Crippen LogP contribution < -0.4 is 0 Å². The van der Waals surface area contributed by atoms with Gasteiger partial charge in [-0.2, -0.15) is 0 Å². The quantitative estimate of drug-likeness (QED) is 0.180. The first-order chi connectivity index (χ1) is 12.5. The third-order valence-corrected chi connectivity index (χ3v) is 5.66. The number of halogens is 1. The third kappa shape index (κ3) is 20.5. The monoisotopic (exact) mass is 412 g/mol. The highest BCUT2D eigenvalue weighted by molar-refractivity contribution is 8.13. The molecular weight excluding hydrogens is 372 g/mol. The largest absolute Gasteiger partial charge is 0.378 e. The van der Waals surface area contributed by atoms with Crippen molar-refractivity contribution in [3.05, 3.63) is 0 Å². The van der Waals surface area contributed by atoms with E-state index in [0.29, 0.717) is 19.3 Å². The normalized spacial score (nSPS) is 13.2. The number of hydrogen-bond donors (Lipinski definition) is 0. The van der Waals surface area contributed by atoms with Crippen molar-refractivity contribution in [2.75, 3.05) is 25.6 Å². The van der Waals surface area contributed by atoms with Crippen LogP contribution in [0.3, 0.4) is 0 Å². The molecule has 0 rings (SSSR count). The van der Waals surface area contributed by atoms with Gasteiger partial charge in [0.1, 0.15) is 0 Å². The van der Waals surface area contributed by atoms with E-state index >= 15 is 0 Å². The zero-order valence-corrected chi connectivity index (χ0v) is 18.6. The van der Waals surface area contributed by atoms with E-state index in [1.165, 1.54) is 64.2 Å². The van der Waals surface area contributed by atoms with Crippen molar-refractivity contribution in [1.29, 1.82) is 0 Å². The number of ether oxygens (including phenoxy) is 2. The molecule has 0 aliphatic rings. The smallest absolute Gasteiger partial charge is 0.234 e. The van der Waals surface area contributed by atoms with E-state index in [9.17, 15) is 8.42 Å². The average molecular weight is 413 g/mol. The number of unbranched alkanes of at least 4 members (excludes halogenated alkanes) is 9. The Morgan fingerprint density at radius 1 is 0.731 bits per heavy atom. The van der Waals surface area contributed by atoms with E-state index in [0.717, 1.165) is 19.3 Å². The van der Waals surface area contributed by atoms with Gasteiger partial charge in [-0.25, -0.2) is 8.42 Å². The molecule has 0 spiro atoms. The van der Waals surface area contributed by atoms with Crippen molar-refractivity contribution in [1.82, 2.24) is 0 Å². The van der Waals surface area contributed by atoms with E-state index < -0.39 is 9.05 Å². The molecule has 0 saturated heterocycles. The molecule has 0 bridgehead atoms. The molecule has 4 nitrogen and oxygen atoms in total. The zero-order valence-electron chi connectivity index (χ0n) is 17.0. The van der Waals surface area contributed by atoms with Crippen LogP contribution in [0.1, 0.15) is 97.3 Å². The van der Waals surface area contributed by atoms with Crippen molar-refractivity contribution in [3.63, 3.8) is 0 Å². The predicted octanol–water partition coefficient (Wildman–Crippen LogP) is 6.07. The van der Waals surface area contributed by atoms with Gasteiger partial charge in [-0.1, -0.05) is 84.5 Å². The van der Waals surface area contributed by atoms with Gasteiger partial charge in [0.25, 0.3) is 0 Å². The molecule has 0 aromatic heterocycles. The maximum atomic E-state index is 10.8. The molecule has 1 unspecified atom stereocenters.